The van der Waals surface area contributed by atoms with E-state index in [0.717, 1.165) is 19.3 Å². The highest BCUT2D eigenvalue weighted by Crippen LogP contribution is 2.53. The first-order valence-electron chi connectivity index (χ1n) is 7.73. The third kappa shape index (κ3) is 2.58. The quantitative estimate of drug-likeness (QED) is 0.643. The Labute approximate surface area is 118 Å². The number of ether oxygens (including phenoxy) is 1. The fourth-order valence-corrected chi connectivity index (χ4v) is 4.39. The molecule has 0 heterocycles. The number of alkyl halides is 1. The van der Waals surface area contributed by atoms with Gasteiger partial charge in [-0.2, -0.15) is 0 Å². The van der Waals surface area contributed by atoms with Crippen molar-refractivity contribution in [3.05, 3.63) is 0 Å². The zero-order valence-electron chi connectivity index (χ0n) is 12.5. The molecule has 2 rings (SSSR count). The van der Waals surface area contributed by atoms with Crippen LogP contribution >= 0.6 is 11.6 Å². The molecule has 2 unspecified atom stereocenters. The van der Waals surface area contributed by atoms with E-state index in [-0.39, 0.29) is 5.41 Å². The van der Waals surface area contributed by atoms with Crippen LogP contribution in [0.5, 0.6) is 0 Å². The van der Waals surface area contributed by atoms with Gasteiger partial charge in [-0.15, -0.1) is 11.6 Å². The molecule has 2 heteroatoms. The Kier molecular flexibility index (Phi) is 4.33. The molecular formula is C16H29ClO. The van der Waals surface area contributed by atoms with Gasteiger partial charge in [-0.3, -0.25) is 0 Å². The molecule has 2 fully saturated rings. The van der Waals surface area contributed by atoms with Crippen molar-refractivity contribution >= 4 is 11.6 Å². The lowest BCUT2D eigenvalue weighted by Gasteiger charge is -2.54. The van der Waals surface area contributed by atoms with Gasteiger partial charge in [0.15, 0.2) is 0 Å². The van der Waals surface area contributed by atoms with E-state index < -0.39 is 0 Å². The SMILES string of the molecule is CCC1(CC)C(Cl)CC1OC1CCC(C)(C)CC1. The first-order chi connectivity index (χ1) is 8.43. The summed E-state index contributed by atoms with van der Waals surface area (Å²) < 4.78 is 6.40. The lowest BCUT2D eigenvalue weighted by atomic mass is 9.62. The van der Waals surface area contributed by atoms with E-state index in [4.69, 9.17) is 16.3 Å². The molecule has 0 radical (unpaired) electrons. The standard InChI is InChI=1S/C16H29ClO/c1-5-16(6-2)13(17)11-14(16)18-12-7-9-15(3,4)10-8-12/h12-14H,5-11H2,1-4H3. The second-order valence-corrected chi connectivity index (χ2v) is 7.66. The molecule has 0 spiro atoms. The van der Waals surface area contributed by atoms with Crippen molar-refractivity contribution in [1.29, 1.82) is 0 Å². The molecule has 0 aromatic rings. The van der Waals surface area contributed by atoms with Crippen molar-refractivity contribution in [1.82, 2.24) is 0 Å². The van der Waals surface area contributed by atoms with E-state index in [2.05, 4.69) is 27.7 Å². The van der Waals surface area contributed by atoms with Crippen molar-refractivity contribution in [2.45, 2.75) is 90.2 Å². The van der Waals surface area contributed by atoms with Gasteiger partial charge in [-0.1, -0.05) is 27.7 Å². The molecule has 0 amide bonds. The minimum absolute atomic E-state index is 0.258. The van der Waals surface area contributed by atoms with Gasteiger partial charge < -0.3 is 4.74 Å². The summed E-state index contributed by atoms with van der Waals surface area (Å²) >= 11 is 6.45. The van der Waals surface area contributed by atoms with Gasteiger partial charge in [0, 0.05) is 10.8 Å². The van der Waals surface area contributed by atoms with Gasteiger partial charge in [-0.25, -0.2) is 0 Å². The number of hydrogen-bond acceptors (Lipinski definition) is 1. The van der Waals surface area contributed by atoms with E-state index in [1.54, 1.807) is 0 Å². The van der Waals surface area contributed by atoms with Crippen molar-refractivity contribution in [2.75, 3.05) is 0 Å². The molecule has 2 atom stereocenters. The highest BCUT2D eigenvalue weighted by atomic mass is 35.5. The largest absolute Gasteiger partial charge is 0.374 e. The van der Waals surface area contributed by atoms with Gasteiger partial charge in [0.2, 0.25) is 0 Å². The van der Waals surface area contributed by atoms with Crippen molar-refractivity contribution in [3.63, 3.8) is 0 Å². The molecule has 0 aliphatic heterocycles. The summed E-state index contributed by atoms with van der Waals surface area (Å²) in [6.07, 6.45) is 9.36. The first kappa shape index (κ1) is 14.7. The minimum Gasteiger partial charge on any atom is -0.374 e. The maximum Gasteiger partial charge on any atom is 0.0663 e. The second-order valence-electron chi connectivity index (χ2n) is 7.13. The highest BCUT2D eigenvalue weighted by molar-refractivity contribution is 6.21. The molecule has 1 nitrogen and oxygen atoms in total. The zero-order chi connectivity index (χ0) is 13.4. The summed E-state index contributed by atoms with van der Waals surface area (Å²) in [4.78, 5) is 0. The van der Waals surface area contributed by atoms with E-state index >= 15 is 0 Å². The molecule has 0 N–H and O–H groups in total. The minimum atomic E-state index is 0.258. The summed E-state index contributed by atoms with van der Waals surface area (Å²) in [5.41, 5.74) is 0.787. The predicted octanol–water partition coefficient (Wildman–Crippen LogP) is 5.16. The Morgan fingerprint density at radius 1 is 1.11 bits per heavy atom. The molecule has 2 saturated carbocycles. The maximum atomic E-state index is 6.45. The third-order valence-corrected chi connectivity index (χ3v) is 6.26. The van der Waals surface area contributed by atoms with E-state index in [1.807, 2.05) is 0 Å². The Hall–Kier alpha value is 0.250. The Morgan fingerprint density at radius 3 is 2.11 bits per heavy atom. The van der Waals surface area contributed by atoms with E-state index in [9.17, 15) is 0 Å². The normalized spacial score (nSPS) is 35.2. The first-order valence-corrected chi connectivity index (χ1v) is 8.16. The van der Waals surface area contributed by atoms with Crippen LogP contribution in [0.2, 0.25) is 0 Å². The summed E-state index contributed by atoms with van der Waals surface area (Å²) in [5.74, 6) is 0. The van der Waals surface area contributed by atoms with Crippen LogP contribution in [0.25, 0.3) is 0 Å². The van der Waals surface area contributed by atoms with Crippen molar-refractivity contribution in [2.24, 2.45) is 10.8 Å². The summed E-state index contributed by atoms with van der Waals surface area (Å²) in [6.45, 7) is 9.28. The molecule has 0 saturated heterocycles. The molecule has 0 bridgehead atoms. The third-order valence-electron chi connectivity index (χ3n) is 5.65. The van der Waals surface area contributed by atoms with Crippen LogP contribution in [0.4, 0.5) is 0 Å². The number of hydrogen-bond donors (Lipinski definition) is 0. The number of halogens is 1. The van der Waals surface area contributed by atoms with Crippen molar-refractivity contribution in [3.8, 4) is 0 Å². The predicted molar refractivity (Wildman–Crippen MR) is 78.2 cm³/mol. The molecule has 0 aromatic carbocycles. The lowest BCUT2D eigenvalue weighted by molar-refractivity contribution is -0.154. The Bertz CT molecular complexity index is 273. The summed E-state index contributed by atoms with van der Waals surface area (Å²) in [6, 6.07) is 0. The summed E-state index contributed by atoms with van der Waals surface area (Å²) in [5, 5.41) is 0.331. The zero-order valence-corrected chi connectivity index (χ0v) is 13.2. The fourth-order valence-electron chi connectivity index (χ4n) is 3.78. The summed E-state index contributed by atoms with van der Waals surface area (Å²) in [7, 11) is 0. The van der Waals surface area contributed by atoms with Gasteiger partial charge in [0.05, 0.1) is 12.2 Å². The Balaban J connectivity index is 1.88. The fraction of sp³-hybridized carbons (Fsp3) is 1.00. The molecule has 18 heavy (non-hydrogen) atoms. The van der Waals surface area contributed by atoms with Crippen LogP contribution in [-0.2, 0) is 4.74 Å². The smallest absolute Gasteiger partial charge is 0.0663 e. The van der Waals surface area contributed by atoms with E-state index in [0.29, 0.717) is 23.0 Å². The number of rotatable bonds is 4. The molecule has 106 valence electrons. The van der Waals surface area contributed by atoms with Gasteiger partial charge in [-0.05, 0) is 50.4 Å². The van der Waals surface area contributed by atoms with Crippen molar-refractivity contribution < 1.29 is 4.74 Å². The topological polar surface area (TPSA) is 9.23 Å². The van der Waals surface area contributed by atoms with Crippen LogP contribution in [0.15, 0.2) is 0 Å². The van der Waals surface area contributed by atoms with Crippen LogP contribution in [-0.4, -0.2) is 17.6 Å². The van der Waals surface area contributed by atoms with Crippen LogP contribution in [0.3, 0.4) is 0 Å². The van der Waals surface area contributed by atoms with Crippen LogP contribution < -0.4 is 0 Å². The van der Waals surface area contributed by atoms with Gasteiger partial charge in [0.25, 0.3) is 0 Å². The molecule has 2 aliphatic rings. The van der Waals surface area contributed by atoms with Crippen LogP contribution in [0.1, 0.15) is 72.6 Å². The van der Waals surface area contributed by atoms with E-state index in [1.165, 1.54) is 25.7 Å². The van der Waals surface area contributed by atoms with Crippen LogP contribution in [0, 0.1) is 10.8 Å². The molecule has 0 aromatic heterocycles. The Morgan fingerprint density at radius 2 is 1.67 bits per heavy atom. The lowest BCUT2D eigenvalue weighted by Crippen LogP contribution is -2.56. The second kappa shape index (κ2) is 5.32. The monoisotopic (exact) mass is 272 g/mol. The highest BCUT2D eigenvalue weighted by Gasteiger charge is 2.53. The average molecular weight is 273 g/mol. The molecule has 2 aliphatic carbocycles. The average Bonchev–Trinajstić information content (AvgIpc) is 2.32. The maximum absolute atomic E-state index is 6.45. The van der Waals surface area contributed by atoms with Gasteiger partial charge >= 0.3 is 0 Å². The van der Waals surface area contributed by atoms with Gasteiger partial charge in [0.1, 0.15) is 0 Å². The molecular weight excluding hydrogens is 244 g/mol.